The Morgan fingerprint density at radius 2 is 2.50 bits per heavy atom. The maximum atomic E-state index is 8.50. The van der Waals surface area contributed by atoms with E-state index in [9.17, 15) is 0 Å². The number of hydrogen-bond donors (Lipinski definition) is 1. The van der Waals surface area contributed by atoms with Crippen molar-refractivity contribution < 1.29 is 0 Å². The van der Waals surface area contributed by atoms with Crippen LogP contribution in [0.4, 0.5) is 0 Å². The fourth-order valence-electron chi connectivity index (χ4n) is 1.33. The second kappa shape index (κ2) is 5.74. The van der Waals surface area contributed by atoms with Crippen LogP contribution in [-0.4, -0.2) is 17.6 Å². The monoisotopic (exact) mass is 209 g/mol. The molecule has 1 atom stereocenters. The average Bonchev–Trinajstić information content (AvgIpc) is 2.53. The zero-order valence-corrected chi connectivity index (χ0v) is 9.40. The Morgan fingerprint density at radius 1 is 1.71 bits per heavy atom. The van der Waals surface area contributed by atoms with Crippen molar-refractivity contribution in [1.29, 1.82) is 5.26 Å². The van der Waals surface area contributed by atoms with Crippen LogP contribution in [0.5, 0.6) is 0 Å². The van der Waals surface area contributed by atoms with E-state index >= 15 is 0 Å². The summed E-state index contributed by atoms with van der Waals surface area (Å²) in [5.74, 6) is 0. The van der Waals surface area contributed by atoms with Crippen LogP contribution in [-0.2, 0) is 12.8 Å². The van der Waals surface area contributed by atoms with Crippen LogP contribution in [0.2, 0.25) is 0 Å². The fraction of sp³-hybridized carbons (Fsp3) is 0.600. The summed E-state index contributed by atoms with van der Waals surface area (Å²) in [6.07, 6.45) is 1.37. The van der Waals surface area contributed by atoms with Crippen LogP contribution in [0.3, 0.4) is 0 Å². The molecule has 1 aromatic rings. The average molecular weight is 209 g/mol. The van der Waals surface area contributed by atoms with E-state index in [-0.39, 0.29) is 0 Å². The summed E-state index contributed by atoms with van der Waals surface area (Å²) in [5, 5.41) is 14.8. The standard InChI is InChI=1S/C10H15N3S/c1-3-12-8(2)6-9-7-14-10(13-9)4-5-11/h7-8,12H,3-4,6H2,1-2H3. The number of thiazole rings is 1. The minimum Gasteiger partial charge on any atom is -0.314 e. The topological polar surface area (TPSA) is 48.7 Å². The van der Waals surface area contributed by atoms with Crippen molar-refractivity contribution in [2.24, 2.45) is 0 Å². The predicted octanol–water partition coefficient (Wildman–Crippen LogP) is 1.75. The van der Waals surface area contributed by atoms with Crippen molar-refractivity contribution in [1.82, 2.24) is 10.3 Å². The van der Waals surface area contributed by atoms with Crippen molar-refractivity contribution in [2.45, 2.75) is 32.7 Å². The van der Waals surface area contributed by atoms with Gasteiger partial charge in [0.15, 0.2) is 0 Å². The molecule has 76 valence electrons. The highest BCUT2D eigenvalue weighted by Crippen LogP contribution is 2.11. The third-order valence-corrected chi connectivity index (χ3v) is 2.80. The molecule has 0 spiro atoms. The predicted molar refractivity (Wildman–Crippen MR) is 58.3 cm³/mol. The van der Waals surface area contributed by atoms with Gasteiger partial charge in [-0.1, -0.05) is 6.92 Å². The van der Waals surface area contributed by atoms with E-state index in [1.165, 1.54) is 0 Å². The lowest BCUT2D eigenvalue weighted by Crippen LogP contribution is -2.27. The largest absolute Gasteiger partial charge is 0.314 e. The Hall–Kier alpha value is -0.920. The number of nitrogens with zero attached hydrogens (tertiary/aromatic N) is 2. The SMILES string of the molecule is CCNC(C)Cc1csc(CC#N)n1. The Bertz CT molecular complexity index is 313. The van der Waals surface area contributed by atoms with Gasteiger partial charge in [-0.15, -0.1) is 11.3 Å². The highest BCUT2D eigenvalue weighted by molar-refractivity contribution is 7.09. The molecule has 0 aromatic carbocycles. The smallest absolute Gasteiger partial charge is 0.107 e. The lowest BCUT2D eigenvalue weighted by molar-refractivity contribution is 0.560. The van der Waals surface area contributed by atoms with Gasteiger partial charge in [-0.05, 0) is 13.5 Å². The molecule has 14 heavy (non-hydrogen) atoms. The molecule has 0 aliphatic rings. The van der Waals surface area contributed by atoms with E-state index in [0.29, 0.717) is 12.5 Å². The van der Waals surface area contributed by atoms with Crippen LogP contribution < -0.4 is 5.32 Å². The van der Waals surface area contributed by atoms with Gasteiger partial charge in [0.25, 0.3) is 0 Å². The van der Waals surface area contributed by atoms with E-state index in [1.54, 1.807) is 11.3 Å². The van der Waals surface area contributed by atoms with Crippen molar-refractivity contribution in [3.8, 4) is 6.07 Å². The summed E-state index contributed by atoms with van der Waals surface area (Å²) in [4.78, 5) is 4.38. The summed E-state index contributed by atoms with van der Waals surface area (Å²) in [7, 11) is 0. The van der Waals surface area contributed by atoms with Crippen molar-refractivity contribution >= 4 is 11.3 Å². The highest BCUT2D eigenvalue weighted by Gasteiger charge is 2.05. The van der Waals surface area contributed by atoms with Gasteiger partial charge >= 0.3 is 0 Å². The zero-order valence-electron chi connectivity index (χ0n) is 8.58. The molecular weight excluding hydrogens is 194 g/mol. The first-order valence-corrected chi connectivity index (χ1v) is 5.67. The molecule has 1 heterocycles. The second-order valence-electron chi connectivity index (χ2n) is 3.23. The maximum Gasteiger partial charge on any atom is 0.107 e. The minimum absolute atomic E-state index is 0.431. The van der Waals surface area contributed by atoms with Gasteiger partial charge in [-0.3, -0.25) is 0 Å². The van der Waals surface area contributed by atoms with E-state index in [4.69, 9.17) is 5.26 Å². The summed E-state index contributed by atoms with van der Waals surface area (Å²) in [6.45, 7) is 5.22. The van der Waals surface area contributed by atoms with Gasteiger partial charge in [0.05, 0.1) is 18.2 Å². The molecule has 0 radical (unpaired) electrons. The maximum absolute atomic E-state index is 8.50. The molecule has 1 rings (SSSR count). The number of hydrogen-bond acceptors (Lipinski definition) is 4. The number of rotatable bonds is 5. The molecule has 4 heteroatoms. The van der Waals surface area contributed by atoms with Gasteiger partial charge in [-0.2, -0.15) is 5.26 Å². The summed E-state index contributed by atoms with van der Waals surface area (Å²) < 4.78 is 0. The molecule has 0 fully saturated rings. The molecular formula is C10H15N3S. The van der Waals surface area contributed by atoms with E-state index in [2.05, 4.69) is 30.2 Å². The quantitative estimate of drug-likeness (QED) is 0.803. The van der Waals surface area contributed by atoms with Gasteiger partial charge in [0, 0.05) is 17.8 Å². The summed E-state index contributed by atoms with van der Waals surface area (Å²) >= 11 is 1.57. The minimum atomic E-state index is 0.431. The number of likely N-dealkylation sites (N-methyl/N-ethyl adjacent to an activating group) is 1. The number of nitriles is 1. The zero-order chi connectivity index (χ0) is 10.4. The molecule has 1 aromatic heterocycles. The van der Waals surface area contributed by atoms with Crippen molar-refractivity contribution in [3.05, 3.63) is 16.1 Å². The normalized spacial score (nSPS) is 12.4. The highest BCUT2D eigenvalue weighted by atomic mass is 32.1. The fourth-order valence-corrected chi connectivity index (χ4v) is 2.06. The molecule has 0 saturated heterocycles. The summed E-state index contributed by atoms with van der Waals surface area (Å²) in [6, 6.07) is 2.56. The second-order valence-corrected chi connectivity index (χ2v) is 4.17. The molecule has 1 unspecified atom stereocenters. The van der Waals surface area contributed by atoms with Crippen LogP contribution in [0.15, 0.2) is 5.38 Å². The molecule has 0 saturated carbocycles. The molecule has 0 bridgehead atoms. The summed E-state index contributed by atoms with van der Waals surface area (Å²) in [5.41, 5.74) is 1.09. The first-order valence-electron chi connectivity index (χ1n) is 4.79. The molecule has 3 nitrogen and oxygen atoms in total. The lowest BCUT2D eigenvalue weighted by atomic mass is 10.2. The van der Waals surface area contributed by atoms with Gasteiger partial charge in [-0.25, -0.2) is 4.98 Å². The van der Waals surface area contributed by atoms with Gasteiger partial charge in [0.1, 0.15) is 5.01 Å². The van der Waals surface area contributed by atoms with Crippen LogP contribution in [0, 0.1) is 11.3 Å². The van der Waals surface area contributed by atoms with E-state index in [1.807, 2.05) is 5.38 Å². The van der Waals surface area contributed by atoms with E-state index < -0.39 is 0 Å². The molecule has 0 aliphatic heterocycles. The number of nitrogens with one attached hydrogen (secondary N) is 1. The number of aromatic nitrogens is 1. The Kier molecular flexibility index (Phi) is 4.57. The first kappa shape index (κ1) is 11.2. The Labute approximate surface area is 88.8 Å². The molecule has 0 amide bonds. The van der Waals surface area contributed by atoms with Gasteiger partial charge < -0.3 is 5.32 Å². The third-order valence-electron chi connectivity index (χ3n) is 1.90. The third kappa shape index (κ3) is 3.44. The van der Waals surface area contributed by atoms with Crippen LogP contribution in [0.1, 0.15) is 24.5 Å². The van der Waals surface area contributed by atoms with Crippen molar-refractivity contribution in [3.63, 3.8) is 0 Å². The first-order chi connectivity index (χ1) is 6.76. The van der Waals surface area contributed by atoms with Crippen molar-refractivity contribution in [2.75, 3.05) is 6.54 Å². The molecule has 0 aliphatic carbocycles. The van der Waals surface area contributed by atoms with Crippen LogP contribution in [0.25, 0.3) is 0 Å². The van der Waals surface area contributed by atoms with E-state index in [0.717, 1.165) is 23.7 Å². The Morgan fingerprint density at radius 3 is 3.14 bits per heavy atom. The van der Waals surface area contributed by atoms with Gasteiger partial charge in [0.2, 0.25) is 0 Å². The Balaban J connectivity index is 2.47. The van der Waals surface area contributed by atoms with Crippen LogP contribution >= 0.6 is 11.3 Å². The molecule has 1 N–H and O–H groups in total. The lowest BCUT2D eigenvalue weighted by Gasteiger charge is -2.09.